The molecule has 0 aliphatic heterocycles. The first-order valence-corrected chi connectivity index (χ1v) is 5.90. The summed E-state index contributed by atoms with van der Waals surface area (Å²) in [6, 6.07) is 3.95. The second kappa shape index (κ2) is 3.25. The van der Waals surface area contributed by atoms with E-state index < -0.39 is 11.7 Å². The number of alkyl halides is 3. The maximum absolute atomic E-state index is 12.7. The Morgan fingerprint density at radius 1 is 1.18 bits per heavy atom. The average Bonchev–Trinajstić information content (AvgIpc) is 3.04. The lowest BCUT2D eigenvalue weighted by Crippen LogP contribution is -2.25. The van der Waals surface area contributed by atoms with Crippen molar-refractivity contribution in [3.8, 4) is 0 Å². The smallest absolute Gasteiger partial charge is 0.324 e. The zero-order valence-corrected chi connectivity index (χ0v) is 9.35. The van der Waals surface area contributed by atoms with E-state index >= 15 is 0 Å². The molecule has 0 saturated heterocycles. The van der Waals surface area contributed by atoms with Gasteiger partial charge in [-0.1, -0.05) is 6.07 Å². The minimum Gasteiger partial charge on any atom is -0.324 e. The molecule has 1 nitrogen and oxygen atoms in total. The summed E-state index contributed by atoms with van der Waals surface area (Å²) < 4.78 is 38.1. The average molecular weight is 241 g/mol. The number of hydrogen-bond donors (Lipinski definition) is 1. The first-order valence-electron chi connectivity index (χ1n) is 5.90. The predicted molar refractivity (Wildman–Crippen MR) is 58.5 cm³/mol. The predicted octanol–water partition coefficient (Wildman–Crippen LogP) is 3.53. The molecule has 0 amide bonds. The SMILES string of the molecule is NC1CCC2(CC2)c2cc(C(F)(F)F)ccc21. The van der Waals surface area contributed by atoms with Crippen molar-refractivity contribution in [3.05, 3.63) is 34.9 Å². The molecule has 4 heteroatoms. The van der Waals surface area contributed by atoms with Gasteiger partial charge in [0.2, 0.25) is 0 Å². The van der Waals surface area contributed by atoms with Crippen LogP contribution < -0.4 is 5.73 Å². The third-order valence-electron chi connectivity index (χ3n) is 4.14. The molecule has 17 heavy (non-hydrogen) atoms. The summed E-state index contributed by atoms with van der Waals surface area (Å²) in [6.07, 6.45) is -0.421. The van der Waals surface area contributed by atoms with Gasteiger partial charge in [0.15, 0.2) is 0 Å². The van der Waals surface area contributed by atoms with Crippen molar-refractivity contribution < 1.29 is 13.2 Å². The Morgan fingerprint density at radius 3 is 2.47 bits per heavy atom. The quantitative estimate of drug-likeness (QED) is 0.738. The molecule has 0 radical (unpaired) electrons. The minimum atomic E-state index is -4.26. The Labute approximate surface area is 97.8 Å². The number of rotatable bonds is 0. The summed E-state index contributed by atoms with van der Waals surface area (Å²) in [4.78, 5) is 0. The Bertz CT molecular complexity index is 460. The van der Waals surface area contributed by atoms with Gasteiger partial charge in [0.25, 0.3) is 0 Å². The largest absolute Gasteiger partial charge is 0.416 e. The Hall–Kier alpha value is -1.03. The summed E-state index contributed by atoms with van der Waals surface area (Å²) in [7, 11) is 0. The monoisotopic (exact) mass is 241 g/mol. The highest BCUT2D eigenvalue weighted by Crippen LogP contribution is 2.57. The molecule has 1 atom stereocenters. The highest BCUT2D eigenvalue weighted by Gasteiger charge is 2.48. The lowest BCUT2D eigenvalue weighted by molar-refractivity contribution is -0.137. The van der Waals surface area contributed by atoms with E-state index in [2.05, 4.69) is 0 Å². The number of nitrogens with two attached hydrogens (primary N) is 1. The molecule has 1 aromatic carbocycles. The van der Waals surface area contributed by atoms with Crippen LogP contribution in [0.3, 0.4) is 0 Å². The number of fused-ring (bicyclic) bond motifs is 2. The topological polar surface area (TPSA) is 26.0 Å². The van der Waals surface area contributed by atoms with E-state index in [1.54, 1.807) is 6.07 Å². The van der Waals surface area contributed by atoms with Crippen molar-refractivity contribution in [1.29, 1.82) is 0 Å². The van der Waals surface area contributed by atoms with Gasteiger partial charge in [-0.05, 0) is 54.4 Å². The van der Waals surface area contributed by atoms with E-state index in [1.165, 1.54) is 6.07 Å². The van der Waals surface area contributed by atoms with Gasteiger partial charge in [0.05, 0.1) is 5.56 Å². The van der Waals surface area contributed by atoms with Crippen LogP contribution in [0.4, 0.5) is 13.2 Å². The fraction of sp³-hybridized carbons (Fsp3) is 0.538. The second-order valence-electron chi connectivity index (χ2n) is 5.23. The third-order valence-corrected chi connectivity index (χ3v) is 4.14. The van der Waals surface area contributed by atoms with Gasteiger partial charge in [0, 0.05) is 6.04 Å². The van der Waals surface area contributed by atoms with Crippen molar-refractivity contribution in [2.75, 3.05) is 0 Å². The molecule has 2 N–H and O–H groups in total. The van der Waals surface area contributed by atoms with E-state index in [4.69, 9.17) is 5.73 Å². The molecule has 1 aromatic rings. The highest BCUT2D eigenvalue weighted by atomic mass is 19.4. The van der Waals surface area contributed by atoms with Crippen molar-refractivity contribution in [3.63, 3.8) is 0 Å². The van der Waals surface area contributed by atoms with Gasteiger partial charge >= 0.3 is 6.18 Å². The molecule has 3 rings (SSSR count). The molecule has 1 spiro atoms. The zero-order valence-electron chi connectivity index (χ0n) is 9.35. The summed E-state index contributed by atoms with van der Waals surface area (Å²) in [6.45, 7) is 0. The summed E-state index contributed by atoms with van der Waals surface area (Å²) in [5, 5.41) is 0. The molecule has 0 aromatic heterocycles. The van der Waals surface area contributed by atoms with Gasteiger partial charge in [0.1, 0.15) is 0 Å². The van der Waals surface area contributed by atoms with E-state index in [9.17, 15) is 13.2 Å². The zero-order chi connectivity index (χ0) is 12.3. The number of benzene rings is 1. The van der Waals surface area contributed by atoms with Crippen molar-refractivity contribution >= 4 is 0 Å². The Kier molecular flexibility index (Phi) is 2.12. The van der Waals surface area contributed by atoms with Crippen LogP contribution in [-0.4, -0.2) is 0 Å². The fourth-order valence-corrected chi connectivity index (χ4v) is 2.91. The van der Waals surface area contributed by atoms with Crippen molar-refractivity contribution in [2.24, 2.45) is 5.73 Å². The first kappa shape index (κ1) is 11.1. The van der Waals surface area contributed by atoms with Gasteiger partial charge in [-0.3, -0.25) is 0 Å². The molecular formula is C13H14F3N. The van der Waals surface area contributed by atoms with Crippen LogP contribution in [0.5, 0.6) is 0 Å². The van der Waals surface area contributed by atoms with Gasteiger partial charge in [-0.2, -0.15) is 13.2 Å². The second-order valence-corrected chi connectivity index (χ2v) is 5.23. The first-order chi connectivity index (χ1) is 7.92. The molecular weight excluding hydrogens is 227 g/mol. The number of hydrogen-bond acceptors (Lipinski definition) is 1. The van der Waals surface area contributed by atoms with E-state index in [0.717, 1.165) is 42.9 Å². The van der Waals surface area contributed by atoms with Crippen LogP contribution in [0.15, 0.2) is 18.2 Å². The van der Waals surface area contributed by atoms with Gasteiger partial charge < -0.3 is 5.73 Å². The molecule has 92 valence electrons. The number of halogens is 3. The lowest BCUT2D eigenvalue weighted by Gasteiger charge is -2.30. The van der Waals surface area contributed by atoms with Gasteiger partial charge in [-0.15, -0.1) is 0 Å². The molecule has 2 aliphatic carbocycles. The summed E-state index contributed by atoms with van der Waals surface area (Å²) in [5.41, 5.74) is 7.22. The molecule has 1 fully saturated rings. The summed E-state index contributed by atoms with van der Waals surface area (Å²) >= 11 is 0. The Balaban J connectivity index is 2.12. The van der Waals surface area contributed by atoms with E-state index in [1.807, 2.05) is 0 Å². The molecule has 1 saturated carbocycles. The third kappa shape index (κ3) is 1.66. The van der Waals surface area contributed by atoms with E-state index in [-0.39, 0.29) is 11.5 Å². The fourth-order valence-electron chi connectivity index (χ4n) is 2.91. The molecule has 2 aliphatic rings. The van der Waals surface area contributed by atoms with Crippen LogP contribution in [0.2, 0.25) is 0 Å². The Morgan fingerprint density at radius 2 is 1.88 bits per heavy atom. The van der Waals surface area contributed by atoms with Crippen LogP contribution in [-0.2, 0) is 11.6 Å². The van der Waals surface area contributed by atoms with Crippen LogP contribution >= 0.6 is 0 Å². The van der Waals surface area contributed by atoms with Crippen LogP contribution in [0.25, 0.3) is 0 Å². The normalized spacial score (nSPS) is 25.8. The van der Waals surface area contributed by atoms with Crippen molar-refractivity contribution in [1.82, 2.24) is 0 Å². The minimum absolute atomic E-state index is 0.0203. The standard InChI is InChI=1S/C13H14F3N/c14-13(15,16)8-1-2-9-10(7-8)12(5-6-12)4-3-11(9)17/h1-2,7,11H,3-6,17H2. The van der Waals surface area contributed by atoms with Crippen molar-refractivity contribution in [2.45, 2.75) is 43.3 Å². The summed E-state index contributed by atoms with van der Waals surface area (Å²) in [5.74, 6) is 0. The van der Waals surface area contributed by atoms with Gasteiger partial charge in [-0.25, -0.2) is 0 Å². The molecule has 0 heterocycles. The van der Waals surface area contributed by atoms with E-state index in [0.29, 0.717) is 0 Å². The maximum Gasteiger partial charge on any atom is 0.416 e. The lowest BCUT2D eigenvalue weighted by atomic mass is 9.77. The maximum atomic E-state index is 12.7. The van der Waals surface area contributed by atoms with Crippen LogP contribution in [0.1, 0.15) is 48.4 Å². The van der Waals surface area contributed by atoms with Crippen LogP contribution in [0, 0.1) is 0 Å². The highest BCUT2D eigenvalue weighted by molar-refractivity contribution is 5.45. The molecule has 1 unspecified atom stereocenters. The molecule has 0 bridgehead atoms.